The Morgan fingerprint density at radius 2 is 2.10 bits per heavy atom. The number of alkyl halides is 1. The first-order chi connectivity index (χ1) is 9.63. The Balaban J connectivity index is 2.22. The van der Waals surface area contributed by atoms with E-state index in [0.29, 0.717) is 11.5 Å². The van der Waals surface area contributed by atoms with Gasteiger partial charge in [0.15, 0.2) is 5.69 Å². The molecule has 0 radical (unpaired) electrons. The second-order valence-corrected chi connectivity index (χ2v) is 4.16. The van der Waals surface area contributed by atoms with E-state index in [9.17, 15) is 4.79 Å². The summed E-state index contributed by atoms with van der Waals surface area (Å²) in [6.45, 7) is 0. The molecule has 0 atom stereocenters. The summed E-state index contributed by atoms with van der Waals surface area (Å²) in [6.07, 6.45) is 1.68. The number of nitrogens with two attached hydrogens (primary N) is 1. The van der Waals surface area contributed by atoms with Crippen LogP contribution in [0, 0.1) is 0 Å². The number of aliphatic imine (C=N–C) groups is 1. The Bertz CT molecular complexity index is 634. The summed E-state index contributed by atoms with van der Waals surface area (Å²) < 4.78 is 6.18. The van der Waals surface area contributed by atoms with E-state index < -0.39 is 5.97 Å². The molecule has 6 nitrogen and oxygen atoms in total. The van der Waals surface area contributed by atoms with Gasteiger partial charge in [0.2, 0.25) is 0 Å². The Morgan fingerprint density at radius 3 is 2.70 bits per heavy atom. The number of rotatable bonds is 4. The van der Waals surface area contributed by atoms with Crippen LogP contribution in [0.25, 0.3) is 5.69 Å². The zero-order chi connectivity index (χ0) is 14.5. The molecule has 0 spiro atoms. The molecule has 1 aromatic heterocycles. The highest BCUT2D eigenvalue weighted by molar-refractivity contribution is 6.28. The number of benzene rings is 1. The van der Waals surface area contributed by atoms with Crippen molar-refractivity contribution in [3.05, 3.63) is 42.2 Å². The molecule has 0 aliphatic heterocycles. The van der Waals surface area contributed by atoms with Gasteiger partial charge in [-0.25, -0.2) is 14.5 Å². The summed E-state index contributed by atoms with van der Waals surface area (Å²) in [5.41, 5.74) is 7.30. The van der Waals surface area contributed by atoms with E-state index >= 15 is 0 Å². The van der Waals surface area contributed by atoms with Gasteiger partial charge >= 0.3 is 5.97 Å². The Hall–Kier alpha value is -2.34. The van der Waals surface area contributed by atoms with Gasteiger partial charge in [-0.3, -0.25) is 0 Å². The molecule has 2 N–H and O–H groups in total. The number of hydrogen-bond acceptors (Lipinski definition) is 4. The summed E-state index contributed by atoms with van der Waals surface area (Å²) in [4.78, 5) is 15.4. The van der Waals surface area contributed by atoms with Gasteiger partial charge in [0, 0.05) is 6.20 Å². The van der Waals surface area contributed by atoms with E-state index in [-0.39, 0.29) is 11.6 Å². The maximum absolute atomic E-state index is 11.3. The quantitative estimate of drug-likeness (QED) is 0.404. The molecule has 2 aromatic rings. The summed E-state index contributed by atoms with van der Waals surface area (Å²) in [5.74, 6) is 0.0648. The van der Waals surface area contributed by atoms with Crippen LogP contribution < -0.4 is 5.73 Å². The Kier molecular flexibility index (Phi) is 4.37. The van der Waals surface area contributed by atoms with Crippen LogP contribution in [0.2, 0.25) is 0 Å². The van der Waals surface area contributed by atoms with Crippen LogP contribution in [0.5, 0.6) is 0 Å². The van der Waals surface area contributed by atoms with Gasteiger partial charge in [0.25, 0.3) is 0 Å². The van der Waals surface area contributed by atoms with Crippen molar-refractivity contribution in [3.63, 3.8) is 0 Å². The molecule has 20 heavy (non-hydrogen) atoms. The first kappa shape index (κ1) is 14.1. The highest BCUT2D eigenvalue weighted by Gasteiger charge is 2.09. The highest BCUT2D eigenvalue weighted by atomic mass is 35.5. The predicted molar refractivity (Wildman–Crippen MR) is 76.9 cm³/mol. The molecule has 0 aliphatic carbocycles. The zero-order valence-electron chi connectivity index (χ0n) is 10.8. The van der Waals surface area contributed by atoms with Crippen LogP contribution in [0.4, 0.5) is 5.69 Å². The molecular formula is C13H13ClN4O2. The number of methoxy groups -OCH3 is 1. The van der Waals surface area contributed by atoms with Crippen molar-refractivity contribution in [1.82, 2.24) is 9.78 Å². The summed E-state index contributed by atoms with van der Waals surface area (Å²) in [7, 11) is 1.31. The lowest BCUT2D eigenvalue weighted by molar-refractivity contribution is 0.0593. The lowest BCUT2D eigenvalue weighted by atomic mass is 10.3. The van der Waals surface area contributed by atoms with Gasteiger partial charge in [-0.1, -0.05) is 0 Å². The second-order valence-electron chi connectivity index (χ2n) is 3.89. The Morgan fingerprint density at radius 1 is 1.40 bits per heavy atom. The number of aromatic nitrogens is 2. The summed E-state index contributed by atoms with van der Waals surface area (Å²) in [5, 5.41) is 4.12. The first-order valence-corrected chi connectivity index (χ1v) is 6.31. The summed E-state index contributed by atoms with van der Waals surface area (Å²) >= 11 is 5.56. The molecule has 1 heterocycles. The Labute approximate surface area is 120 Å². The number of amidine groups is 1. The molecule has 0 saturated carbocycles. The van der Waals surface area contributed by atoms with Crippen LogP contribution in [0.1, 0.15) is 10.5 Å². The highest BCUT2D eigenvalue weighted by Crippen LogP contribution is 2.16. The van der Waals surface area contributed by atoms with Gasteiger partial charge in [0.1, 0.15) is 5.84 Å². The van der Waals surface area contributed by atoms with Crippen molar-refractivity contribution >= 4 is 29.1 Å². The van der Waals surface area contributed by atoms with Crippen LogP contribution >= 0.6 is 11.6 Å². The van der Waals surface area contributed by atoms with E-state index in [1.54, 1.807) is 29.1 Å². The SMILES string of the molecule is COC(=O)c1ccn(-c2ccc(N=C(N)CCl)cc2)n1. The fraction of sp³-hybridized carbons (Fsp3) is 0.154. The predicted octanol–water partition coefficient (Wildman–Crippen LogP) is 1.89. The average Bonchev–Trinajstić information content (AvgIpc) is 2.97. The van der Waals surface area contributed by atoms with E-state index in [1.165, 1.54) is 7.11 Å². The minimum absolute atomic E-state index is 0.184. The van der Waals surface area contributed by atoms with Crippen LogP contribution in [-0.4, -0.2) is 34.6 Å². The smallest absolute Gasteiger partial charge is 0.358 e. The third kappa shape index (κ3) is 3.16. The topological polar surface area (TPSA) is 82.5 Å². The number of hydrogen-bond donors (Lipinski definition) is 1. The summed E-state index contributed by atoms with van der Waals surface area (Å²) in [6, 6.07) is 8.79. The number of carbonyl (C=O) groups is 1. The lowest BCUT2D eigenvalue weighted by Gasteiger charge is -2.02. The minimum atomic E-state index is -0.472. The van der Waals surface area contributed by atoms with E-state index in [2.05, 4.69) is 14.8 Å². The van der Waals surface area contributed by atoms with Crippen molar-refractivity contribution < 1.29 is 9.53 Å². The molecule has 2 rings (SSSR count). The van der Waals surface area contributed by atoms with Gasteiger partial charge in [-0.2, -0.15) is 5.10 Å². The molecule has 0 saturated heterocycles. The van der Waals surface area contributed by atoms with Crippen LogP contribution in [0.15, 0.2) is 41.5 Å². The van der Waals surface area contributed by atoms with Crippen molar-refractivity contribution in [3.8, 4) is 5.69 Å². The van der Waals surface area contributed by atoms with Gasteiger partial charge in [-0.15, -0.1) is 11.6 Å². The number of nitrogens with zero attached hydrogens (tertiary/aromatic N) is 3. The average molecular weight is 293 g/mol. The number of esters is 1. The van der Waals surface area contributed by atoms with Gasteiger partial charge in [-0.05, 0) is 30.3 Å². The van der Waals surface area contributed by atoms with Gasteiger partial charge in [0.05, 0.1) is 24.4 Å². The number of halogens is 1. The minimum Gasteiger partial charge on any atom is -0.464 e. The maximum atomic E-state index is 11.3. The van der Waals surface area contributed by atoms with Crippen LogP contribution in [0.3, 0.4) is 0 Å². The largest absolute Gasteiger partial charge is 0.464 e. The van der Waals surface area contributed by atoms with Crippen LogP contribution in [-0.2, 0) is 4.74 Å². The molecule has 1 aromatic carbocycles. The monoisotopic (exact) mass is 292 g/mol. The first-order valence-electron chi connectivity index (χ1n) is 5.77. The molecule has 7 heteroatoms. The molecule has 0 bridgehead atoms. The molecule has 0 unspecified atom stereocenters. The second kappa shape index (κ2) is 6.21. The van der Waals surface area contributed by atoms with Gasteiger partial charge < -0.3 is 10.5 Å². The maximum Gasteiger partial charge on any atom is 0.358 e. The zero-order valence-corrected chi connectivity index (χ0v) is 11.5. The fourth-order valence-electron chi connectivity index (χ4n) is 1.56. The third-order valence-corrected chi connectivity index (χ3v) is 2.78. The fourth-order valence-corrected chi connectivity index (χ4v) is 1.62. The van der Waals surface area contributed by atoms with E-state index in [4.69, 9.17) is 17.3 Å². The number of carbonyl (C=O) groups excluding carboxylic acids is 1. The van der Waals surface area contributed by atoms with E-state index in [0.717, 1.165) is 5.69 Å². The molecule has 0 amide bonds. The van der Waals surface area contributed by atoms with Crippen molar-refractivity contribution in [2.45, 2.75) is 0 Å². The number of ether oxygens (including phenoxy) is 1. The molecule has 0 fully saturated rings. The van der Waals surface area contributed by atoms with E-state index in [1.807, 2.05) is 12.1 Å². The standard InChI is InChI=1S/C13H13ClN4O2/c1-20-13(19)11-6-7-18(17-11)10-4-2-9(3-5-10)16-12(15)8-14/h2-7H,8H2,1H3,(H2,15,16). The van der Waals surface area contributed by atoms with Crippen molar-refractivity contribution in [2.75, 3.05) is 13.0 Å². The molecular weight excluding hydrogens is 280 g/mol. The normalized spacial score (nSPS) is 11.4. The molecule has 104 valence electrons. The third-order valence-electron chi connectivity index (χ3n) is 2.51. The van der Waals surface area contributed by atoms with Crippen molar-refractivity contribution in [1.29, 1.82) is 0 Å². The van der Waals surface area contributed by atoms with Crippen molar-refractivity contribution in [2.24, 2.45) is 10.7 Å². The molecule has 0 aliphatic rings. The lowest BCUT2D eigenvalue weighted by Crippen LogP contribution is -2.12.